The molecule has 0 aliphatic heterocycles. The summed E-state index contributed by atoms with van der Waals surface area (Å²) in [4.78, 5) is 0. The van der Waals surface area contributed by atoms with Crippen molar-refractivity contribution in [2.45, 2.75) is 32.9 Å². The molecule has 0 spiro atoms. The molecule has 1 N–H and O–H groups in total. The maximum Gasteiger partial charge on any atom is 0.0736 e. The quantitative estimate of drug-likeness (QED) is 0.780. The summed E-state index contributed by atoms with van der Waals surface area (Å²) >= 11 is 0. The Hall–Kier alpha value is -1.80. The minimum absolute atomic E-state index is 0.332. The highest BCUT2D eigenvalue weighted by Gasteiger charge is 2.10. The number of benzene rings is 2. The van der Waals surface area contributed by atoms with Gasteiger partial charge in [0.1, 0.15) is 0 Å². The third-order valence-electron chi connectivity index (χ3n) is 3.42. The van der Waals surface area contributed by atoms with Gasteiger partial charge in [-0.2, -0.15) is 0 Å². The smallest absolute Gasteiger partial charge is 0.0736 e. The van der Waals surface area contributed by atoms with E-state index < -0.39 is 0 Å². The Balaban J connectivity index is 2.15. The zero-order chi connectivity index (χ0) is 14.2. The van der Waals surface area contributed by atoms with Gasteiger partial charge in [-0.25, -0.2) is 0 Å². The normalized spacial score (nSPS) is 12.1. The molecule has 0 saturated heterocycles. The molecule has 0 radical (unpaired) electrons. The third kappa shape index (κ3) is 3.84. The summed E-state index contributed by atoms with van der Waals surface area (Å²) < 4.78 is 5.54. The van der Waals surface area contributed by atoms with E-state index in [-0.39, 0.29) is 0 Å². The molecule has 106 valence electrons. The van der Waals surface area contributed by atoms with Crippen molar-refractivity contribution in [3.05, 3.63) is 65.7 Å². The number of para-hydroxylation sites is 1. The van der Waals surface area contributed by atoms with Crippen molar-refractivity contribution in [1.82, 2.24) is 0 Å². The van der Waals surface area contributed by atoms with Crippen molar-refractivity contribution in [3.8, 4) is 0 Å². The van der Waals surface area contributed by atoms with Crippen LogP contribution in [-0.2, 0) is 11.3 Å². The van der Waals surface area contributed by atoms with Gasteiger partial charge < -0.3 is 10.1 Å². The minimum atomic E-state index is 0.332. The lowest BCUT2D eigenvalue weighted by Crippen LogP contribution is -2.11. The molecule has 0 fully saturated rings. The maximum atomic E-state index is 5.54. The highest BCUT2D eigenvalue weighted by Crippen LogP contribution is 2.25. The van der Waals surface area contributed by atoms with E-state index in [4.69, 9.17) is 4.74 Å². The molecule has 2 aromatic rings. The number of hydrogen-bond acceptors (Lipinski definition) is 2. The van der Waals surface area contributed by atoms with Crippen LogP contribution in [0.4, 0.5) is 5.69 Å². The van der Waals surface area contributed by atoms with Gasteiger partial charge in [0.25, 0.3) is 0 Å². The average Bonchev–Trinajstić information content (AvgIpc) is 2.52. The molecule has 0 heterocycles. The van der Waals surface area contributed by atoms with Crippen molar-refractivity contribution in [2.75, 3.05) is 11.9 Å². The zero-order valence-electron chi connectivity index (χ0n) is 12.3. The fourth-order valence-electron chi connectivity index (χ4n) is 2.29. The van der Waals surface area contributed by atoms with Crippen LogP contribution in [-0.4, -0.2) is 6.61 Å². The molecule has 1 unspecified atom stereocenters. The number of anilines is 1. The molecule has 1 atom stereocenters. The lowest BCUT2D eigenvalue weighted by Gasteiger charge is -2.21. The lowest BCUT2D eigenvalue weighted by atomic mass is 10.0. The Morgan fingerprint density at radius 2 is 1.65 bits per heavy atom. The second-order valence-corrected chi connectivity index (χ2v) is 4.81. The summed E-state index contributed by atoms with van der Waals surface area (Å²) in [5.74, 6) is 0. The van der Waals surface area contributed by atoms with Crippen LogP contribution in [0.2, 0.25) is 0 Å². The number of rotatable bonds is 7. The zero-order valence-corrected chi connectivity index (χ0v) is 12.3. The first kappa shape index (κ1) is 14.6. The average molecular weight is 269 g/mol. The van der Waals surface area contributed by atoms with Crippen LogP contribution in [0.5, 0.6) is 0 Å². The van der Waals surface area contributed by atoms with Crippen LogP contribution in [0.3, 0.4) is 0 Å². The van der Waals surface area contributed by atoms with Crippen molar-refractivity contribution >= 4 is 5.69 Å². The highest BCUT2D eigenvalue weighted by atomic mass is 16.5. The first-order valence-corrected chi connectivity index (χ1v) is 7.32. The topological polar surface area (TPSA) is 21.3 Å². The van der Waals surface area contributed by atoms with Gasteiger partial charge in [0.2, 0.25) is 0 Å². The van der Waals surface area contributed by atoms with E-state index in [0.717, 1.165) is 18.7 Å². The monoisotopic (exact) mass is 269 g/mol. The number of hydrogen-bond donors (Lipinski definition) is 1. The largest absolute Gasteiger partial charge is 0.378 e. The van der Waals surface area contributed by atoms with Crippen molar-refractivity contribution in [1.29, 1.82) is 0 Å². The fraction of sp³-hybridized carbons (Fsp3) is 0.333. The molecule has 0 aliphatic rings. The van der Waals surface area contributed by atoms with Crippen molar-refractivity contribution in [3.63, 3.8) is 0 Å². The van der Waals surface area contributed by atoms with Gasteiger partial charge in [-0.05, 0) is 25.0 Å². The standard InChI is InChI=1S/C18H23NO/c1-3-17(15-10-6-5-7-11-15)19-18-13-9-8-12-16(18)14-20-4-2/h5-13,17,19H,3-4,14H2,1-2H3. The summed E-state index contributed by atoms with van der Waals surface area (Å²) in [6, 6.07) is 19.3. The molecule has 2 nitrogen and oxygen atoms in total. The summed E-state index contributed by atoms with van der Waals surface area (Å²) in [5, 5.41) is 3.64. The Bertz CT molecular complexity index is 510. The lowest BCUT2D eigenvalue weighted by molar-refractivity contribution is 0.134. The second kappa shape index (κ2) is 7.71. The van der Waals surface area contributed by atoms with Gasteiger partial charge in [-0.1, -0.05) is 55.5 Å². The van der Waals surface area contributed by atoms with Gasteiger partial charge in [0.05, 0.1) is 12.6 Å². The number of nitrogens with one attached hydrogen (secondary N) is 1. The Morgan fingerprint density at radius 1 is 0.950 bits per heavy atom. The van der Waals surface area contributed by atoms with Gasteiger partial charge in [-0.3, -0.25) is 0 Å². The predicted molar refractivity (Wildman–Crippen MR) is 84.9 cm³/mol. The van der Waals surface area contributed by atoms with E-state index in [9.17, 15) is 0 Å². The molecule has 20 heavy (non-hydrogen) atoms. The Morgan fingerprint density at radius 3 is 2.35 bits per heavy atom. The molecule has 2 rings (SSSR count). The second-order valence-electron chi connectivity index (χ2n) is 4.81. The molecule has 0 bridgehead atoms. The van der Waals surface area contributed by atoms with Crippen molar-refractivity contribution < 1.29 is 4.74 Å². The maximum absolute atomic E-state index is 5.54. The van der Waals surface area contributed by atoms with E-state index in [0.29, 0.717) is 12.6 Å². The molecular weight excluding hydrogens is 246 g/mol. The van der Waals surface area contributed by atoms with Crippen LogP contribution >= 0.6 is 0 Å². The van der Waals surface area contributed by atoms with Gasteiger partial charge >= 0.3 is 0 Å². The number of ether oxygens (including phenoxy) is 1. The van der Waals surface area contributed by atoms with Gasteiger partial charge in [0, 0.05) is 17.9 Å². The van der Waals surface area contributed by atoms with Crippen LogP contribution in [0.15, 0.2) is 54.6 Å². The first-order valence-electron chi connectivity index (χ1n) is 7.32. The SMILES string of the molecule is CCOCc1ccccc1NC(CC)c1ccccc1. The molecule has 0 aromatic heterocycles. The summed E-state index contributed by atoms with van der Waals surface area (Å²) in [6.45, 7) is 5.62. The summed E-state index contributed by atoms with van der Waals surface area (Å²) in [5.41, 5.74) is 3.70. The van der Waals surface area contributed by atoms with E-state index in [2.05, 4.69) is 66.8 Å². The third-order valence-corrected chi connectivity index (χ3v) is 3.42. The van der Waals surface area contributed by atoms with Crippen LogP contribution < -0.4 is 5.32 Å². The molecule has 0 saturated carbocycles. The van der Waals surface area contributed by atoms with Crippen molar-refractivity contribution in [2.24, 2.45) is 0 Å². The van der Waals surface area contributed by atoms with E-state index in [1.807, 2.05) is 6.92 Å². The molecule has 0 amide bonds. The van der Waals surface area contributed by atoms with E-state index in [1.165, 1.54) is 11.1 Å². The highest BCUT2D eigenvalue weighted by molar-refractivity contribution is 5.52. The van der Waals surface area contributed by atoms with E-state index >= 15 is 0 Å². The first-order chi connectivity index (χ1) is 9.85. The van der Waals surface area contributed by atoms with Crippen LogP contribution in [0.25, 0.3) is 0 Å². The van der Waals surface area contributed by atoms with Gasteiger partial charge in [0.15, 0.2) is 0 Å². The molecule has 2 aromatic carbocycles. The minimum Gasteiger partial charge on any atom is -0.378 e. The Labute approximate surface area is 121 Å². The Kier molecular flexibility index (Phi) is 5.63. The van der Waals surface area contributed by atoms with Gasteiger partial charge in [-0.15, -0.1) is 0 Å². The predicted octanol–water partition coefficient (Wildman–Crippen LogP) is 4.79. The molecular formula is C18H23NO. The summed E-state index contributed by atoms with van der Waals surface area (Å²) in [7, 11) is 0. The van der Waals surface area contributed by atoms with Crippen LogP contribution in [0, 0.1) is 0 Å². The van der Waals surface area contributed by atoms with E-state index in [1.54, 1.807) is 0 Å². The van der Waals surface area contributed by atoms with Crippen LogP contribution in [0.1, 0.15) is 37.4 Å². The molecule has 2 heteroatoms. The molecule has 0 aliphatic carbocycles. The summed E-state index contributed by atoms with van der Waals surface area (Å²) in [6.07, 6.45) is 1.05. The fourth-order valence-corrected chi connectivity index (χ4v) is 2.29.